The molecule has 1 aliphatic heterocycles. The lowest BCUT2D eigenvalue weighted by Crippen LogP contribution is -2.59. The van der Waals surface area contributed by atoms with Crippen LogP contribution in [0.4, 0.5) is 0 Å². The van der Waals surface area contributed by atoms with Crippen LogP contribution in [0.2, 0.25) is 0 Å². The zero-order valence-electron chi connectivity index (χ0n) is 14.9. The highest BCUT2D eigenvalue weighted by Gasteiger charge is 2.40. The molecule has 0 atom stereocenters. The number of piperidine rings is 1. The van der Waals surface area contributed by atoms with Crippen LogP contribution in [0.15, 0.2) is 0 Å². The van der Waals surface area contributed by atoms with Crippen LogP contribution < -0.4 is 0 Å². The van der Waals surface area contributed by atoms with Crippen LogP contribution in [0.1, 0.15) is 59.8 Å². The molecule has 0 spiro atoms. The molecule has 0 aromatic heterocycles. The fraction of sp³-hybridized carbons (Fsp3) is 0.882. The molecule has 0 amide bonds. The number of ether oxygens (including phenoxy) is 1. The van der Waals surface area contributed by atoms with Crippen molar-refractivity contribution in [2.75, 3.05) is 24.7 Å². The lowest BCUT2D eigenvalue weighted by molar-refractivity contribution is -0.145. The summed E-state index contributed by atoms with van der Waals surface area (Å²) in [6, 6.07) is 0. The van der Waals surface area contributed by atoms with Gasteiger partial charge in [-0.1, -0.05) is 0 Å². The number of nitrogens with zero attached hydrogens (tertiary/aromatic N) is 1. The number of likely N-dealkylation sites (tertiary alicyclic amines) is 1. The SMILES string of the molecule is CC1(C)CCCC(C)(C)N1CCOC(=O)CCSCCC(=O)O. The summed E-state index contributed by atoms with van der Waals surface area (Å²) in [4.78, 5) is 24.6. The van der Waals surface area contributed by atoms with Crippen LogP contribution in [0, 0.1) is 0 Å². The van der Waals surface area contributed by atoms with Gasteiger partial charge in [0.05, 0.1) is 12.8 Å². The quantitative estimate of drug-likeness (QED) is 0.511. The molecular formula is C17H31NO4S. The van der Waals surface area contributed by atoms with Crippen molar-refractivity contribution in [1.82, 2.24) is 4.90 Å². The van der Waals surface area contributed by atoms with Gasteiger partial charge < -0.3 is 9.84 Å². The van der Waals surface area contributed by atoms with Crippen LogP contribution >= 0.6 is 11.8 Å². The Morgan fingerprint density at radius 2 is 1.65 bits per heavy atom. The normalized spacial score (nSPS) is 20.2. The van der Waals surface area contributed by atoms with E-state index < -0.39 is 5.97 Å². The number of carboxylic acid groups (broad SMARTS) is 1. The molecule has 1 heterocycles. The Labute approximate surface area is 144 Å². The van der Waals surface area contributed by atoms with E-state index in [0.717, 1.165) is 6.54 Å². The molecule has 0 unspecified atom stereocenters. The average molecular weight is 346 g/mol. The van der Waals surface area contributed by atoms with Crippen LogP contribution in [0.3, 0.4) is 0 Å². The van der Waals surface area contributed by atoms with Crippen LogP contribution in [-0.4, -0.2) is 57.7 Å². The predicted molar refractivity (Wildman–Crippen MR) is 93.9 cm³/mol. The van der Waals surface area contributed by atoms with E-state index in [2.05, 4.69) is 32.6 Å². The molecule has 6 heteroatoms. The number of hydrogen-bond donors (Lipinski definition) is 1. The number of thioether (sulfide) groups is 1. The van der Waals surface area contributed by atoms with E-state index in [1.807, 2.05) is 0 Å². The molecule has 0 aromatic rings. The molecule has 1 saturated heterocycles. The number of hydrogen-bond acceptors (Lipinski definition) is 5. The third-order valence-corrected chi connectivity index (χ3v) is 5.51. The van der Waals surface area contributed by atoms with Crippen LogP contribution in [0.25, 0.3) is 0 Å². The molecule has 0 aliphatic carbocycles. The summed E-state index contributed by atoms with van der Waals surface area (Å²) in [7, 11) is 0. The van der Waals surface area contributed by atoms with Gasteiger partial charge in [-0.05, 0) is 47.0 Å². The molecule has 1 rings (SSSR count). The number of esters is 1. The highest BCUT2D eigenvalue weighted by atomic mass is 32.2. The summed E-state index contributed by atoms with van der Waals surface area (Å²) >= 11 is 1.48. The van der Waals surface area contributed by atoms with Crippen molar-refractivity contribution in [1.29, 1.82) is 0 Å². The van der Waals surface area contributed by atoms with Crippen molar-refractivity contribution >= 4 is 23.7 Å². The average Bonchev–Trinajstić information content (AvgIpc) is 2.40. The zero-order chi connectivity index (χ0) is 17.5. The fourth-order valence-electron chi connectivity index (χ4n) is 3.39. The molecule has 0 radical (unpaired) electrons. The standard InChI is InChI=1S/C17H31NO4S/c1-16(2)8-5-9-17(3,4)18(16)10-11-22-15(21)7-13-23-12-6-14(19)20/h5-13H2,1-4H3,(H,19,20). The van der Waals surface area contributed by atoms with Gasteiger partial charge in [-0.25, -0.2) is 0 Å². The largest absolute Gasteiger partial charge is 0.481 e. The maximum Gasteiger partial charge on any atom is 0.306 e. The smallest absolute Gasteiger partial charge is 0.306 e. The minimum Gasteiger partial charge on any atom is -0.481 e. The Kier molecular flexibility index (Phi) is 7.87. The van der Waals surface area contributed by atoms with E-state index in [1.165, 1.54) is 31.0 Å². The van der Waals surface area contributed by atoms with Crippen molar-refractivity contribution in [3.05, 3.63) is 0 Å². The topological polar surface area (TPSA) is 66.8 Å². The van der Waals surface area contributed by atoms with E-state index in [1.54, 1.807) is 0 Å². The molecule has 1 aliphatic rings. The van der Waals surface area contributed by atoms with Gasteiger partial charge in [-0.15, -0.1) is 0 Å². The first-order chi connectivity index (χ1) is 10.6. The maximum absolute atomic E-state index is 11.7. The van der Waals surface area contributed by atoms with Gasteiger partial charge in [-0.2, -0.15) is 11.8 Å². The number of carbonyl (C=O) groups excluding carboxylic acids is 1. The first-order valence-corrected chi connectivity index (χ1v) is 9.53. The van der Waals surface area contributed by atoms with Crippen molar-refractivity contribution in [2.24, 2.45) is 0 Å². The zero-order valence-corrected chi connectivity index (χ0v) is 15.7. The third kappa shape index (κ3) is 7.12. The second-order valence-corrected chi connectivity index (χ2v) is 8.58. The molecular weight excluding hydrogens is 314 g/mol. The van der Waals surface area contributed by atoms with Gasteiger partial charge in [-0.3, -0.25) is 14.5 Å². The minimum atomic E-state index is -0.799. The Bertz CT molecular complexity index is 393. The van der Waals surface area contributed by atoms with E-state index >= 15 is 0 Å². The molecule has 23 heavy (non-hydrogen) atoms. The third-order valence-electron chi connectivity index (χ3n) is 4.53. The summed E-state index contributed by atoms with van der Waals surface area (Å²) in [5.41, 5.74) is 0.279. The number of aliphatic carboxylic acids is 1. The van der Waals surface area contributed by atoms with Crippen molar-refractivity contribution in [3.63, 3.8) is 0 Å². The lowest BCUT2D eigenvalue weighted by atomic mass is 9.80. The predicted octanol–water partition coefficient (Wildman–Crippen LogP) is 3.17. The first-order valence-electron chi connectivity index (χ1n) is 8.38. The molecule has 1 fully saturated rings. The summed E-state index contributed by atoms with van der Waals surface area (Å²) < 4.78 is 5.35. The Hall–Kier alpha value is -0.750. The molecule has 1 N–H and O–H groups in total. The molecule has 0 aromatic carbocycles. The summed E-state index contributed by atoms with van der Waals surface area (Å²) in [6.45, 7) is 10.2. The Morgan fingerprint density at radius 3 is 2.22 bits per heavy atom. The van der Waals surface area contributed by atoms with Crippen LogP contribution in [-0.2, 0) is 14.3 Å². The van der Waals surface area contributed by atoms with E-state index in [0.29, 0.717) is 24.5 Å². The van der Waals surface area contributed by atoms with Gasteiger partial charge in [0.25, 0.3) is 0 Å². The van der Waals surface area contributed by atoms with Gasteiger partial charge in [0, 0.05) is 29.1 Å². The molecule has 0 saturated carbocycles. The van der Waals surface area contributed by atoms with Crippen LogP contribution in [0.5, 0.6) is 0 Å². The fourth-order valence-corrected chi connectivity index (χ4v) is 4.22. The summed E-state index contributed by atoms with van der Waals surface area (Å²) in [5.74, 6) is 0.165. The summed E-state index contributed by atoms with van der Waals surface area (Å²) in [5, 5.41) is 8.54. The highest BCUT2D eigenvalue weighted by Crippen LogP contribution is 2.37. The highest BCUT2D eigenvalue weighted by molar-refractivity contribution is 7.99. The van der Waals surface area contributed by atoms with Gasteiger partial charge in [0.1, 0.15) is 6.61 Å². The number of rotatable bonds is 9. The second-order valence-electron chi connectivity index (χ2n) is 7.36. The lowest BCUT2D eigenvalue weighted by Gasteiger charge is -2.52. The Morgan fingerprint density at radius 1 is 1.09 bits per heavy atom. The number of carboxylic acids is 1. The Balaban J connectivity index is 2.24. The van der Waals surface area contributed by atoms with Crippen molar-refractivity contribution < 1.29 is 19.4 Å². The van der Waals surface area contributed by atoms with E-state index in [9.17, 15) is 9.59 Å². The molecule has 134 valence electrons. The second kappa shape index (κ2) is 8.92. The molecule has 5 nitrogen and oxygen atoms in total. The van der Waals surface area contributed by atoms with Gasteiger partial charge >= 0.3 is 11.9 Å². The van der Waals surface area contributed by atoms with E-state index in [-0.39, 0.29) is 23.5 Å². The minimum absolute atomic E-state index is 0.138. The van der Waals surface area contributed by atoms with Gasteiger partial charge in [0.15, 0.2) is 0 Å². The first kappa shape index (κ1) is 20.3. The molecule has 0 bridgehead atoms. The maximum atomic E-state index is 11.7. The number of carbonyl (C=O) groups is 2. The summed E-state index contributed by atoms with van der Waals surface area (Å²) in [6.07, 6.45) is 4.06. The van der Waals surface area contributed by atoms with Gasteiger partial charge in [0.2, 0.25) is 0 Å². The van der Waals surface area contributed by atoms with Crippen molar-refractivity contribution in [3.8, 4) is 0 Å². The monoisotopic (exact) mass is 345 g/mol. The van der Waals surface area contributed by atoms with Crippen molar-refractivity contribution in [2.45, 2.75) is 70.9 Å². The van der Waals surface area contributed by atoms with E-state index in [4.69, 9.17) is 9.84 Å².